The third kappa shape index (κ3) is 7.67. The van der Waals surface area contributed by atoms with Crippen molar-refractivity contribution in [3.8, 4) is 17.4 Å². The summed E-state index contributed by atoms with van der Waals surface area (Å²) in [5, 5.41) is 8.90. The quantitative estimate of drug-likeness (QED) is 0.277. The first kappa shape index (κ1) is 25.9. The van der Waals surface area contributed by atoms with Crippen LogP contribution in [0.3, 0.4) is 0 Å². The summed E-state index contributed by atoms with van der Waals surface area (Å²) < 4.78 is 23.8. The van der Waals surface area contributed by atoms with Crippen LogP contribution in [0.2, 0.25) is 0 Å². The normalized spacial score (nSPS) is 10.8. The Morgan fingerprint density at radius 2 is 1.54 bits per heavy atom. The molecule has 0 fully saturated rings. The molecule has 1 N–H and O–H groups in total. The van der Waals surface area contributed by atoms with E-state index >= 15 is 0 Å². The molecule has 0 aliphatic carbocycles. The number of nitrogens with zero attached hydrogens (tertiary/aromatic N) is 2. The topological polar surface area (TPSA) is 92.0 Å². The van der Waals surface area contributed by atoms with Crippen molar-refractivity contribution in [3.63, 3.8) is 0 Å². The molecule has 0 saturated carbocycles. The van der Waals surface area contributed by atoms with Gasteiger partial charge in [-0.3, -0.25) is 4.57 Å². The molecule has 0 saturated heterocycles. The fraction of sp³-hybridized carbons (Fsp3) is 0.241. The van der Waals surface area contributed by atoms with E-state index in [0.717, 1.165) is 33.8 Å². The maximum absolute atomic E-state index is 12.2. The molecular weight excluding hydrogens is 472 g/mol. The van der Waals surface area contributed by atoms with E-state index in [-0.39, 0.29) is 25.8 Å². The van der Waals surface area contributed by atoms with Crippen molar-refractivity contribution in [2.24, 2.45) is 0 Å². The molecule has 8 heteroatoms. The van der Waals surface area contributed by atoms with E-state index in [1.54, 1.807) is 6.20 Å². The van der Waals surface area contributed by atoms with Gasteiger partial charge < -0.3 is 24.1 Å². The van der Waals surface area contributed by atoms with Gasteiger partial charge in [-0.15, -0.1) is 0 Å². The average molecular weight is 503 g/mol. The lowest BCUT2D eigenvalue weighted by Gasteiger charge is -2.13. The Morgan fingerprint density at radius 3 is 2.27 bits per heavy atom. The van der Waals surface area contributed by atoms with E-state index in [9.17, 15) is 4.79 Å². The van der Waals surface area contributed by atoms with Gasteiger partial charge in [0.15, 0.2) is 0 Å². The van der Waals surface area contributed by atoms with Crippen LogP contribution in [0.25, 0.3) is 0 Å². The molecule has 8 nitrogen and oxygen atoms in total. The number of ether oxygens (including phenoxy) is 4. The summed E-state index contributed by atoms with van der Waals surface area (Å²) in [6, 6.07) is 25.7. The van der Waals surface area contributed by atoms with E-state index in [4.69, 9.17) is 24.1 Å². The number of aromatic nitrogens is 2. The van der Waals surface area contributed by atoms with Crippen molar-refractivity contribution in [1.82, 2.24) is 9.55 Å². The van der Waals surface area contributed by atoms with Gasteiger partial charge >= 0.3 is 5.69 Å². The number of methoxy groups -OCH3 is 1. The molecule has 4 rings (SSSR count). The Hall–Kier alpha value is -4.14. The van der Waals surface area contributed by atoms with Gasteiger partial charge in [-0.1, -0.05) is 54.6 Å². The second kappa shape index (κ2) is 13.2. The molecule has 4 aromatic rings. The highest BCUT2D eigenvalue weighted by Gasteiger charge is 2.11. The fourth-order valence-electron chi connectivity index (χ4n) is 3.69. The Morgan fingerprint density at radius 1 is 0.838 bits per heavy atom. The summed E-state index contributed by atoms with van der Waals surface area (Å²) >= 11 is 0. The van der Waals surface area contributed by atoms with Crippen LogP contribution in [0.15, 0.2) is 89.9 Å². The van der Waals surface area contributed by atoms with Crippen LogP contribution in [0.4, 0.5) is 0 Å². The van der Waals surface area contributed by atoms with Crippen molar-refractivity contribution in [1.29, 1.82) is 0 Å². The molecule has 0 radical (unpaired) electrons. The number of hydrogen-bond donors (Lipinski definition) is 1. The van der Waals surface area contributed by atoms with Crippen LogP contribution in [0.5, 0.6) is 17.4 Å². The van der Waals surface area contributed by atoms with Crippen molar-refractivity contribution >= 4 is 0 Å². The molecule has 1 heterocycles. The summed E-state index contributed by atoms with van der Waals surface area (Å²) in [6.45, 7) is 0.959. The Bertz CT molecular complexity index is 1320. The fourth-order valence-corrected chi connectivity index (χ4v) is 3.69. The summed E-state index contributed by atoms with van der Waals surface area (Å²) in [5.74, 6) is 1.80. The third-order valence-corrected chi connectivity index (χ3v) is 5.56. The van der Waals surface area contributed by atoms with Gasteiger partial charge in [0.1, 0.15) is 31.4 Å². The van der Waals surface area contributed by atoms with Gasteiger partial charge in [0, 0.05) is 18.2 Å². The molecule has 1 aromatic heterocycles. The first-order valence-corrected chi connectivity index (χ1v) is 11.9. The van der Waals surface area contributed by atoms with Crippen molar-refractivity contribution in [2.75, 3.05) is 20.3 Å². The van der Waals surface area contributed by atoms with Gasteiger partial charge in [0.2, 0.25) is 5.88 Å². The standard InChI is InChI=1S/C29H30N2O6/c1-34-28-25(18-31(29(33)30-28)21-35-15-14-32)16-24-8-5-9-27(17-24)37-20-23-10-12-26(13-11-23)36-19-22-6-3-2-4-7-22/h2-13,17-18,32H,14-16,19-21H2,1H3. The minimum atomic E-state index is -0.480. The van der Waals surface area contributed by atoms with Crippen molar-refractivity contribution < 1.29 is 24.1 Å². The predicted molar refractivity (Wildman–Crippen MR) is 139 cm³/mol. The smallest absolute Gasteiger partial charge is 0.352 e. The number of hydrogen-bond acceptors (Lipinski definition) is 7. The van der Waals surface area contributed by atoms with Crippen LogP contribution in [0, 0.1) is 0 Å². The van der Waals surface area contributed by atoms with E-state index < -0.39 is 5.69 Å². The van der Waals surface area contributed by atoms with Gasteiger partial charge in [-0.2, -0.15) is 4.98 Å². The monoisotopic (exact) mass is 502 g/mol. The maximum atomic E-state index is 12.2. The number of aliphatic hydroxyl groups excluding tert-OH is 1. The first-order chi connectivity index (χ1) is 18.1. The molecule has 0 bridgehead atoms. The zero-order chi connectivity index (χ0) is 25.9. The lowest BCUT2D eigenvalue weighted by Crippen LogP contribution is -2.25. The highest BCUT2D eigenvalue weighted by atomic mass is 16.5. The molecule has 192 valence electrons. The molecule has 0 spiro atoms. The lowest BCUT2D eigenvalue weighted by atomic mass is 10.1. The second-order valence-electron chi connectivity index (χ2n) is 8.32. The number of aliphatic hydroxyl groups is 1. The minimum Gasteiger partial charge on any atom is -0.489 e. The zero-order valence-electron chi connectivity index (χ0n) is 20.7. The Labute approximate surface area is 215 Å². The van der Waals surface area contributed by atoms with Gasteiger partial charge in [0.25, 0.3) is 0 Å². The van der Waals surface area contributed by atoms with E-state index in [0.29, 0.717) is 19.6 Å². The Kier molecular flexibility index (Phi) is 9.29. The Balaban J connectivity index is 1.36. The highest BCUT2D eigenvalue weighted by Crippen LogP contribution is 2.22. The highest BCUT2D eigenvalue weighted by molar-refractivity contribution is 5.35. The van der Waals surface area contributed by atoms with E-state index in [1.165, 1.54) is 11.7 Å². The third-order valence-electron chi connectivity index (χ3n) is 5.56. The summed E-state index contributed by atoms with van der Waals surface area (Å²) in [7, 11) is 1.48. The van der Waals surface area contributed by atoms with Gasteiger partial charge in [-0.05, 0) is 41.0 Å². The maximum Gasteiger partial charge on any atom is 0.352 e. The van der Waals surface area contributed by atoms with E-state index in [1.807, 2.05) is 78.9 Å². The lowest BCUT2D eigenvalue weighted by molar-refractivity contribution is 0.0454. The van der Waals surface area contributed by atoms with Crippen LogP contribution in [-0.2, 0) is 31.1 Å². The summed E-state index contributed by atoms with van der Waals surface area (Å²) in [5.41, 5.74) is 3.38. The molecule has 0 aliphatic rings. The van der Waals surface area contributed by atoms with Crippen LogP contribution < -0.4 is 19.9 Å². The van der Waals surface area contributed by atoms with Crippen LogP contribution >= 0.6 is 0 Å². The largest absolute Gasteiger partial charge is 0.489 e. The second-order valence-corrected chi connectivity index (χ2v) is 8.32. The minimum absolute atomic E-state index is 0.00260. The summed E-state index contributed by atoms with van der Waals surface area (Å²) in [4.78, 5) is 16.2. The number of benzene rings is 3. The van der Waals surface area contributed by atoms with Crippen molar-refractivity contribution in [3.05, 3.63) is 118 Å². The van der Waals surface area contributed by atoms with Gasteiger partial charge in [0.05, 0.1) is 20.3 Å². The molecule has 3 aromatic carbocycles. The molecule has 0 amide bonds. The molecule has 0 aliphatic heterocycles. The zero-order valence-corrected chi connectivity index (χ0v) is 20.7. The molecule has 0 atom stereocenters. The molecular formula is C29H30N2O6. The first-order valence-electron chi connectivity index (χ1n) is 11.9. The van der Waals surface area contributed by atoms with Crippen molar-refractivity contribution in [2.45, 2.75) is 26.4 Å². The SMILES string of the molecule is COc1nc(=O)n(COCCO)cc1Cc1cccc(OCc2ccc(OCc3ccccc3)cc2)c1. The number of rotatable bonds is 13. The van der Waals surface area contributed by atoms with Gasteiger partial charge in [-0.25, -0.2) is 4.79 Å². The average Bonchev–Trinajstić information content (AvgIpc) is 2.93. The summed E-state index contributed by atoms with van der Waals surface area (Å²) in [6.07, 6.45) is 2.15. The predicted octanol–water partition coefficient (Wildman–Crippen LogP) is 3.97. The van der Waals surface area contributed by atoms with Crippen LogP contribution in [-0.4, -0.2) is 35.0 Å². The van der Waals surface area contributed by atoms with Crippen LogP contribution in [0.1, 0.15) is 22.3 Å². The molecule has 37 heavy (non-hydrogen) atoms. The molecule has 0 unspecified atom stereocenters. The van der Waals surface area contributed by atoms with E-state index in [2.05, 4.69) is 4.98 Å².